The van der Waals surface area contributed by atoms with E-state index >= 15 is 0 Å². The van der Waals surface area contributed by atoms with E-state index in [1.54, 1.807) is 4.90 Å². The molecule has 1 aromatic rings. The third kappa shape index (κ3) is 4.17. The Labute approximate surface area is 169 Å². The largest absolute Gasteiger partial charge is 0.378 e. The topological polar surface area (TPSA) is 125 Å². The van der Waals surface area contributed by atoms with Gasteiger partial charge in [-0.1, -0.05) is 0 Å². The zero-order chi connectivity index (χ0) is 20.6. The van der Waals surface area contributed by atoms with Crippen LogP contribution < -0.4 is 15.2 Å². The van der Waals surface area contributed by atoms with Gasteiger partial charge in [-0.25, -0.2) is 18.1 Å². The number of H-pyrrole nitrogens is 1. The highest BCUT2D eigenvalue weighted by Gasteiger charge is 2.44. The zero-order valence-electron chi connectivity index (χ0n) is 16.6. The van der Waals surface area contributed by atoms with Crippen LogP contribution in [0.25, 0.3) is 0 Å². The van der Waals surface area contributed by atoms with E-state index < -0.39 is 10.0 Å². The molecule has 0 aromatic carbocycles. The number of hydrogen-bond acceptors (Lipinski definition) is 7. The second kappa shape index (κ2) is 7.69. The van der Waals surface area contributed by atoms with E-state index in [2.05, 4.69) is 9.71 Å². The maximum absolute atomic E-state index is 12.7. The fourth-order valence-corrected chi connectivity index (χ4v) is 4.93. The number of aromatic nitrogens is 2. The maximum atomic E-state index is 12.7. The van der Waals surface area contributed by atoms with Gasteiger partial charge >= 0.3 is 0 Å². The number of amides is 1. The van der Waals surface area contributed by atoms with Crippen molar-refractivity contribution in [3.05, 3.63) is 21.6 Å². The van der Waals surface area contributed by atoms with E-state index in [9.17, 15) is 18.0 Å². The number of carbonyl (C=O) groups is 1. The third-order valence-electron chi connectivity index (χ3n) is 6.23. The lowest BCUT2D eigenvalue weighted by molar-refractivity contribution is -0.131. The number of sulfonamides is 1. The van der Waals surface area contributed by atoms with Crippen molar-refractivity contribution in [1.29, 1.82) is 0 Å². The van der Waals surface area contributed by atoms with Crippen LogP contribution in [0.15, 0.2) is 4.79 Å². The number of nitrogens with one attached hydrogen (secondary N) is 2. The second-order valence-electron chi connectivity index (χ2n) is 8.07. The van der Waals surface area contributed by atoms with Gasteiger partial charge in [0.05, 0.1) is 31.7 Å². The summed E-state index contributed by atoms with van der Waals surface area (Å²) in [6, 6.07) is 0. The molecule has 2 aliphatic heterocycles. The molecule has 1 spiro atoms. The Kier molecular flexibility index (Phi) is 5.38. The number of nitrogens with zero attached hydrogens (tertiary/aromatic N) is 3. The highest BCUT2D eigenvalue weighted by molar-refractivity contribution is 7.88. The molecule has 3 heterocycles. The Morgan fingerprint density at radius 2 is 1.90 bits per heavy atom. The Hall–Kier alpha value is -1.98. The summed E-state index contributed by atoms with van der Waals surface area (Å²) in [5, 5.41) is 0. The standard InChI is InChI=1S/C18H27N5O5S/c1-29(26,27)19-12-14(24)22-6-4-18(5-7-22)3-2-13-15(18)20-17(21-16(13)25)23-8-10-28-11-9-23/h19H,2-12H2,1H3,(H,20,21,25). The van der Waals surface area contributed by atoms with E-state index in [4.69, 9.17) is 9.72 Å². The number of likely N-dealkylation sites (tertiary alicyclic amines) is 1. The Bertz CT molecular complexity index is 946. The first-order valence-electron chi connectivity index (χ1n) is 9.96. The molecular formula is C18H27N5O5S. The molecule has 0 saturated carbocycles. The lowest BCUT2D eigenvalue weighted by atomic mass is 9.76. The molecule has 160 valence electrons. The monoisotopic (exact) mass is 425 g/mol. The Balaban J connectivity index is 1.50. The molecule has 1 amide bonds. The van der Waals surface area contributed by atoms with Crippen LogP contribution in [0.1, 0.15) is 30.5 Å². The molecule has 0 bridgehead atoms. The highest BCUT2D eigenvalue weighted by atomic mass is 32.2. The van der Waals surface area contributed by atoms with Crippen molar-refractivity contribution in [2.45, 2.75) is 31.1 Å². The van der Waals surface area contributed by atoms with Crippen molar-refractivity contribution < 1.29 is 17.9 Å². The van der Waals surface area contributed by atoms with Crippen molar-refractivity contribution in [1.82, 2.24) is 19.6 Å². The minimum absolute atomic E-state index is 0.0655. The molecule has 3 aliphatic rings. The Morgan fingerprint density at radius 1 is 1.21 bits per heavy atom. The molecule has 2 saturated heterocycles. The van der Waals surface area contributed by atoms with Gasteiger partial charge in [0, 0.05) is 37.2 Å². The van der Waals surface area contributed by atoms with Gasteiger partial charge in [0.25, 0.3) is 5.56 Å². The van der Waals surface area contributed by atoms with Gasteiger partial charge in [-0.15, -0.1) is 0 Å². The molecule has 0 radical (unpaired) electrons. The number of ether oxygens (including phenoxy) is 1. The molecular weight excluding hydrogens is 398 g/mol. The maximum Gasteiger partial charge on any atom is 0.255 e. The van der Waals surface area contributed by atoms with E-state index in [0.29, 0.717) is 51.8 Å². The van der Waals surface area contributed by atoms with Crippen LogP contribution in [0, 0.1) is 0 Å². The summed E-state index contributed by atoms with van der Waals surface area (Å²) in [4.78, 5) is 36.5. The summed E-state index contributed by atoms with van der Waals surface area (Å²) in [5.74, 6) is 0.380. The fourth-order valence-electron chi connectivity index (χ4n) is 4.54. The highest BCUT2D eigenvalue weighted by Crippen LogP contribution is 2.44. The number of piperidine rings is 1. The minimum atomic E-state index is -3.40. The first-order valence-corrected chi connectivity index (χ1v) is 11.9. The molecule has 29 heavy (non-hydrogen) atoms. The van der Waals surface area contributed by atoms with Crippen molar-refractivity contribution >= 4 is 21.9 Å². The van der Waals surface area contributed by atoms with Crippen LogP contribution in [-0.2, 0) is 31.4 Å². The lowest BCUT2D eigenvalue weighted by Crippen LogP contribution is -2.48. The molecule has 4 rings (SSSR count). The molecule has 1 aromatic heterocycles. The van der Waals surface area contributed by atoms with Crippen molar-refractivity contribution in [3.63, 3.8) is 0 Å². The second-order valence-corrected chi connectivity index (χ2v) is 9.90. The number of carbonyl (C=O) groups excluding carboxylic acids is 1. The molecule has 0 atom stereocenters. The van der Waals surface area contributed by atoms with Crippen molar-refractivity contribution in [2.75, 3.05) is 57.1 Å². The first-order chi connectivity index (χ1) is 13.8. The van der Waals surface area contributed by atoms with E-state index in [0.717, 1.165) is 36.8 Å². The Morgan fingerprint density at radius 3 is 2.55 bits per heavy atom. The van der Waals surface area contributed by atoms with Crippen LogP contribution in [-0.4, -0.2) is 81.4 Å². The normalized spacial score (nSPS) is 21.4. The molecule has 0 unspecified atom stereocenters. The van der Waals surface area contributed by atoms with Gasteiger partial charge in [0.1, 0.15) is 0 Å². The molecule has 2 fully saturated rings. The smallest absolute Gasteiger partial charge is 0.255 e. The molecule has 1 aliphatic carbocycles. The number of hydrogen-bond donors (Lipinski definition) is 2. The fraction of sp³-hybridized carbons (Fsp3) is 0.722. The van der Waals surface area contributed by atoms with Crippen LogP contribution in [0.3, 0.4) is 0 Å². The number of rotatable bonds is 4. The van der Waals surface area contributed by atoms with Crippen LogP contribution in [0.2, 0.25) is 0 Å². The number of morpholine rings is 1. The molecule has 10 nitrogen and oxygen atoms in total. The quantitative estimate of drug-likeness (QED) is 0.631. The third-order valence-corrected chi connectivity index (χ3v) is 6.90. The van der Waals surface area contributed by atoms with Crippen molar-refractivity contribution in [2.24, 2.45) is 0 Å². The van der Waals surface area contributed by atoms with Gasteiger partial charge in [-0.05, 0) is 25.7 Å². The molecule has 11 heteroatoms. The zero-order valence-corrected chi connectivity index (χ0v) is 17.4. The van der Waals surface area contributed by atoms with Crippen LogP contribution in [0.5, 0.6) is 0 Å². The van der Waals surface area contributed by atoms with E-state index in [1.807, 2.05) is 4.90 Å². The minimum Gasteiger partial charge on any atom is -0.378 e. The summed E-state index contributed by atoms with van der Waals surface area (Å²) in [6.45, 7) is 3.47. The van der Waals surface area contributed by atoms with Crippen molar-refractivity contribution in [3.8, 4) is 0 Å². The van der Waals surface area contributed by atoms with E-state index in [1.165, 1.54) is 0 Å². The SMILES string of the molecule is CS(=O)(=O)NCC(=O)N1CCC2(CCc3c2nc(N2CCOCC2)[nH]c3=O)CC1. The number of aromatic amines is 1. The summed E-state index contributed by atoms with van der Waals surface area (Å²) in [5.41, 5.74) is 1.39. The van der Waals surface area contributed by atoms with Gasteiger partial charge < -0.3 is 14.5 Å². The van der Waals surface area contributed by atoms with Crippen LogP contribution >= 0.6 is 0 Å². The summed E-state index contributed by atoms with van der Waals surface area (Å²) >= 11 is 0. The van der Waals surface area contributed by atoms with Gasteiger partial charge in [0.15, 0.2) is 0 Å². The average Bonchev–Trinajstić information content (AvgIpc) is 3.05. The number of fused-ring (bicyclic) bond motifs is 2. The van der Waals surface area contributed by atoms with Gasteiger partial charge in [-0.2, -0.15) is 0 Å². The van der Waals surface area contributed by atoms with Gasteiger partial charge in [-0.3, -0.25) is 14.6 Å². The summed E-state index contributed by atoms with van der Waals surface area (Å²) < 4.78 is 30.1. The summed E-state index contributed by atoms with van der Waals surface area (Å²) in [7, 11) is -3.40. The lowest BCUT2D eigenvalue weighted by Gasteiger charge is -2.39. The predicted molar refractivity (Wildman–Crippen MR) is 107 cm³/mol. The van der Waals surface area contributed by atoms with Crippen LogP contribution in [0.4, 0.5) is 5.95 Å². The van der Waals surface area contributed by atoms with Gasteiger partial charge in [0.2, 0.25) is 21.9 Å². The first kappa shape index (κ1) is 20.3. The summed E-state index contributed by atoms with van der Waals surface area (Å²) in [6.07, 6.45) is 4.04. The molecule has 2 N–H and O–H groups in total. The van der Waals surface area contributed by atoms with E-state index in [-0.39, 0.29) is 23.4 Å². The predicted octanol–water partition coefficient (Wildman–Crippen LogP) is -1.04. The number of anilines is 1. The average molecular weight is 426 g/mol.